The van der Waals surface area contributed by atoms with Crippen LogP contribution in [0.15, 0.2) is 54.7 Å². The predicted molar refractivity (Wildman–Crippen MR) is 118 cm³/mol. The zero-order chi connectivity index (χ0) is 21.2. The summed E-state index contributed by atoms with van der Waals surface area (Å²) in [4.78, 5) is 18.8. The van der Waals surface area contributed by atoms with Crippen molar-refractivity contribution >= 4 is 16.8 Å². The average Bonchev–Trinajstić information content (AvgIpc) is 3.34. The monoisotopic (exact) mass is 418 g/mol. The summed E-state index contributed by atoms with van der Waals surface area (Å²) >= 11 is 0. The van der Waals surface area contributed by atoms with Gasteiger partial charge < -0.3 is 19.5 Å². The molecule has 0 radical (unpaired) electrons. The Kier molecular flexibility index (Phi) is 5.47. The van der Waals surface area contributed by atoms with Gasteiger partial charge in [0, 0.05) is 49.7 Å². The van der Waals surface area contributed by atoms with E-state index in [9.17, 15) is 9.90 Å². The Bertz CT molecular complexity index is 1070. The minimum atomic E-state index is -0.244. The number of fused-ring (bicyclic) bond motifs is 1. The smallest absolute Gasteiger partial charge is 0.251 e. The Balaban J connectivity index is 1.21. The average molecular weight is 418 g/mol. The Labute approximate surface area is 181 Å². The lowest BCUT2D eigenvalue weighted by Gasteiger charge is -2.33. The van der Waals surface area contributed by atoms with Gasteiger partial charge in [0.25, 0.3) is 5.91 Å². The van der Waals surface area contributed by atoms with E-state index in [0.29, 0.717) is 19.7 Å². The Hall–Kier alpha value is -3.12. The van der Waals surface area contributed by atoms with E-state index in [1.165, 1.54) is 0 Å². The van der Waals surface area contributed by atoms with E-state index in [2.05, 4.69) is 4.98 Å². The minimum Gasteiger partial charge on any atom is -0.507 e. The molecule has 1 atom stereocenters. The largest absolute Gasteiger partial charge is 0.507 e. The number of hydrogen-bond acceptors (Lipinski definition) is 5. The van der Waals surface area contributed by atoms with Crippen LogP contribution in [0, 0.1) is 0 Å². The number of piperidine rings is 1. The predicted octanol–water partition coefficient (Wildman–Crippen LogP) is 4.16. The molecule has 3 heterocycles. The molecule has 0 saturated carbocycles. The number of aromatic hydroxyl groups is 1. The number of rotatable bonds is 4. The standard InChI is InChI=1S/C25H26N2O4/c28-23-15-18-3-1-11-26-22(18)16-21(23)17-5-7-19(8-6-17)31-20-9-12-27(13-10-20)25(29)24-4-2-14-30-24/h1,3,5-8,11,15-16,20,24,28H,2,4,9-10,12-14H2/t24-/m1/s1. The first-order valence-electron chi connectivity index (χ1n) is 10.9. The van der Waals surface area contributed by atoms with Crippen LogP contribution < -0.4 is 4.74 Å². The van der Waals surface area contributed by atoms with E-state index in [4.69, 9.17) is 9.47 Å². The fourth-order valence-corrected chi connectivity index (χ4v) is 4.42. The van der Waals surface area contributed by atoms with Gasteiger partial charge in [0.05, 0.1) is 5.52 Å². The quantitative estimate of drug-likeness (QED) is 0.689. The Morgan fingerprint density at radius 1 is 1.10 bits per heavy atom. The van der Waals surface area contributed by atoms with Crippen molar-refractivity contribution in [2.24, 2.45) is 0 Å². The van der Waals surface area contributed by atoms with Gasteiger partial charge in [0.15, 0.2) is 0 Å². The van der Waals surface area contributed by atoms with Crippen LogP contribution in [0.5, 0.6) is 11.5 Å². The van der Waals surface area contributed by atoms with E-state index in [0.717, 1.165) is 53.5 Å². The lowest BCUT2D eigenvalue weighted by Crippen LogP contribution is -2.45. The third kappa shape index (κ3) is 4.21. The van der Waals surface area contributed by atoms with Crippen molar-refractivity contribution in [1.29, 1.82) is 0 Å². The molecule has 2 aliphatic rings. The van der Waals surface area contributed by atoms with Gasteiger partial charge >= 0.3 is 0 Å². The molecule has 2 aliphatic heterocycles. The number of carbonyl (C=O) groups excluding carboxylic acids is 1. The van der Waals surface area contributed by atoms with Gasteiger partial charge in [-0.1, -0.05) is 18.2 Å². The maximum Gasteiger partial charge on any atom is 0.251 e. The zero-order valence-corrected chi connectivity index (χ0v) is 17.4. The normalized spacial score (nSPS) is 19.6. The van der Waals surface area contributed by atoms with Crippen LogP contribution in [-0.4, -0.2) is 52.8 Å². The summed E-state index contributed by atoms with van der Waals surface area (Å²) in [6.45, 7) is 2.11. The van der Waals surface area contributed by atoms with Crippen LogP contribution in [0.1, 0.15) is 25.7 Å². The molecule has 31 heavy (non-hydrogen) atoms. The van der Waals surface area contributed by atoms with Gasteiger partial charge in [0.1, 0.15) is 23.7 Å². The molecule has 1 N–H and O–H groups in total. The second-order valence-electron chi connectivity index (χ2n) is 8.23. The molecule has 2 aromatic carbocycles. The van der Waals surface area contributed by atoms with Gasteiger partial charge in [-0.05, 0) is 48.7 Å². The number of ether oxygens (including phenoxy) is 2. The number of phenolic OH excluding ortho intramolecular Hbond substituents is 1. The van der Waals surface area contributed by atoms with Crippen molar-refractivity contribution < 1.29 is 19.4 Å². The molecule has 0 unspecified atom stereocenters. The summed E-state index contributed by atoms with van der Waals surface area (Å²) < 4.78 is 11.7. The van der Waals surface area contributed by atoms with Crippen LogP contribution in [-0.2, 0) is 9.53 Å². The second-order valence-corrected chi connectivity index (χ2v) is 8.23. The number of phenols is 1. The molecule has 6 nitrogen and oxygen atoms in total. The highest BCUT2D eigenvalue weighted by atomic mass is 16.5. The van der Waals surface area contributed by atoms with Crippen molar-refractivity contribution in [3.63, 3.8) is 0 Å². The summed E-state index contributed by atoms with van der Waals surface area (Å²) in [6.07, 6.45) is 5.04. The van der Waals surface area contributed by atoms with Crippen LogP contribution in [0.25, 0.3) is 22.0 Å². The van der Waals surface area contributed by atoms with Crippen LogP contribution in [0.2, 0.25) is 0 Å². The first kappa shape index (κ1) is 19.8. The van der Waals surface area contributed by atoms with E-state index in [1.54, 1.807) is 12.3 Å². The molecule has 2 saturated heterocycles. The van der Waals surface area contributed by atoms with Gasteiger partial charge in [-0.15, -0.1) is 0 Å². The summed E-state index contributed by atoms with van der Waals surface area (Å²) in [7, 11) is 0. The first-order valence-corrected chi connectivity index (χ1v) is 10.9. The number of hydrogen-bond donors (Lipinski definition) is 1. The number of benzene rings is 2. The molecule has 6 heteroatoms. The van der Waals surface area contributed by atoms with E-state index in [1.807, 2.05) is 47.4 Å². The van der Waals surface area contributed by atoms with Crippen molar-refractivity contribution in [2.45, 2.75) is 37.9 Å². The van der Waals surface area contributed by atoms with Gasteiger partial charge in [-0.3, -0.25) is 9.78 Å². The third-order valence-corrected chi connectivity index (χ3v) is 6.15. The molecule has 0 spiro atoms. The summed E-state index contributed by atoms with van der Waals surface area (Å²) in [5.41, 5.74) is 2.51. The highest BCUT2D eigenvalue weighted by Gasteiger charge is 2.31. The number of pyridine rings is 1. The van der Waals surface area contributed by atoms with Crippen molar-refractivity contribution in [3.8, 4) is 22.6 Å². The number of nitrogens with zero attached hydrogens (tertiary/aromatic N) is 2. The Morgan fingerprint density at radius 3 is 2.65 bits per heavy atom. The third-order valence-electron chi connectivity index (χ3n) is 6.15. The fraction of sp³-hybridized carbons (Fsp3) is 0.360. The first-order chi connectivity index (χ1) is 15.2. The van der Waals surface area contributed by atoms with Crippen LogP contribution in [0.4, 0.5) is 0 Å². The Morgan fingerprint density at radius 2 is 1.90 bits per heavy atom. The highest BCUT2D eigenvalue weighted by Crippen LogP contribution is 2.34. The molecule has 0 bridgehead atoms. The number of carbonyl (C=O) groups is 1. The number of amides is 1. The van der Waals surface area contributed by atoms with Crippen molar-refractivity contribution in [1.82, 2.24) is 9.88 Å². The SMILES string of the molecule is O=C([C@H]1CCCO1)N1CCC(Oc2ccc(-c3cc4ncccc4cc3O)cc2)CC1. The number of likely N-dealkylation sites (tertiary alicyclic amines) is 1. The van der Waals surface area contributed by atoms with Crippen molar-refractivity contribution in [2.75, 3.05) is 19.7 Å². The maximum atomic E-state index is 12.5. The van der Waals surface area contributed by atoms with Crippen molar-refractivity contribution in [3.05, 3.63) is 54.7 Å². The van der Waals surface area contributed by atoms with E-state index >= 15 is 0 Å². The lowest BCUT2D eigenvalue weighted by atomic mass is 10.0. The molecular weight excluding hydrogens is 392 g/mol. The van der Waals surface area contributed by atoms with E-state index < -0.39 is 0 Å². The maximum absolute atomic E-state index is 12.5. The second kappa shape index (κ2) is 8.55. The molecule has 1 amide bonds. The fourth-order valence-electron chi connectivity index (χ4n) is 4.42. The molecule has 5 rings (SSSR count). The zero-order valence-electron chi connectivity index (χ0n) is 17.4. The summed E-state index contributed by atoms with van der Waals surface area (Å²) in [5.74, 6) is 1.16. The minimum absolute atomic E-state index is 0.0951. The van der Waals surface area contributed by atoms with E-state index in [-0.39, 0.29) is 23.9 Å². The molecule has 0 aliphatic carbocycles. The molecular formula is C25H26N2O4. The van der Waals surface area contributed by atoms with Gasteiger partial charge in [0.2, 0.25) is 0 Å². The van der Waals surface area contributed by atoms with Gasteiger partial charge in [-0.25, -0.2) is 0 Å². The van der Waals surface area contributed by atoms with Gasteiger partial charge in [-0.2, -0.15) is 0 Å². The summed E-state index contributed by atoms with van der Waals surface area (Å²) in [6, 6.07) is 15.2. The molecule has 2 fully saturated rings. The highest BCUT2D eigenvalue weighted by molar-refractivity contribution is 5.87. The molecule has 160 valence electrons. The van der Waals surface area contributed by atoms with Crippen LogP contribution in [0.3, 0.4) is 0 Å². The number of aromatic nitrogens is 1. The molecule has 3 aromatic rings. The van der Waals surface area contributed by atoms with Crippen LogP contribution >= 0.6 is 0 Å². The molecule has 1 aromatic heterocycles. The summed E-state index contributed by atoms with van der Waals surface area (Å²) in [5, 5.41) is 11.4. The lowest BCUT2D eigenvalue weighted by molar-refractivity contribution is -0.142. The topological polar surface area (TPSA) is 71.9 Å².